The molecule has 25 heavy (non-hydrogen) atoms. The fourth-order valence-electron chi connectivity index (χ4n) is 3.42. The summed E-state index contributed by atoms with van der Waals surface area (Å²) < 4.78 is 5.37. The second-order valence-corrected chi connectivity index (χ2v) is 6.24. The fraction of sp³-hybridized carbons (Fsp3) is 0.400. The van der Waals surface area contributed by atoms with Gasteiger partial charge in [-0.3, -0.25) is 15.1 Å². The van der Waals surface area contributed by atoms with E-state index < -0.39 is 5.54 Å². The average molecular weight is 339 g/mol. The third-order valence-electron chi connectivity index (χ3n) is 4.65. The van der Waals surface area contributed by atoms with Gasteiger partial charge in [0.05, 0.1) is 0 Å². The standard InChI is InChI=1S/C20H25N3O2/c1-2-25-15-9-14-23-18(24)20(22-19(23)21,16-10-5-3-6-11-16)17-12-7-4-8-13-17/h3,5-7,10-13H,2,4,8-9,14-15H2,1H3,(H2,21,22). The minimum atomic E-state index is -0.999. The van der Waals surface area contributed by atoms with Crippen LogP contribution < -0.4 is 5.32 Å². The molecule has 1 aromatic carbocycles. The van der Waals surface area contributed by atoms with E-state index in [1.54, 1.807) is 0 Å². The maximum absolute atomic E-state index is 13.4. The summed E-state index contributed by atoms with van der Waals surface area (Å²) >= 11 is 0. The van der Waals surface area contributed by atoms with Gasteiger partial charge in [-0.2, -0.15) is 0 Å². The number of ether oxygens (including phenoxy) is 1. The Morgan fingerprint density at radius 2 is 2.08 bits per heavy atom. The van der Waals surface area contributed by atoms with E-state index >= 15 is 0 Å². The highest BCUT2D eigenvalue weighted by Gasteiger charge is 2.52. The van der Waals surface area contributed by atoms with E-state index in [0.29, 0.717) is 26.2 Å². The van der Waals surface area contributed by atoms with Crippen LogP contribution in [0.25, 0.3) is 0 Å². The zero-order chi connectivity index (χ0) is 17.7. The Hall–Kier alpha value is -2.40. The quantitative estimate of drug-likeness (QED) is 0.751. The molecule has 0 radical (unpaired) electrons. The molecule has 0 bridgehead atoms. The number of allylic oxidation sites excluding steroid dienone is 2. The molecule has 0 spiro atoms. The van der Waals surface area contributed by atoms with Crippen LogP contribution in [-0.4, -0.2) is 36.5 Å². The van der Waals surface area contributed by atoms with Gasteiger partial charge in [-0.05, 0) is 37.3 Å². The van der Waals surface area contributed by atoms with Crippen molar-refractivity contribution in [2.24, 2.45) is 0 Å². The summed E-state index contributed by atoms with van der Waals surface area (Å²) in [5, 5.41) is 11.5. The van der Waals surface area contributed by atoms with E-state index in [1.807, 2.05) is 43.3 Å². The van der Waals surface area contributed by atoms with Crippen molar-refractivity contribution in [3.8, 4) is 0 Å². The first-order valence-electron chi connectivity index (χ1n) is 8.89. The number of carbonyl (C=O) groups is 1. The number of hydrogen-bond acceptors (Lipinski definition) is 3. The normalized spacial score (nSPS) is 22.9. The first-order chi connectivity index (χ1) is 12.2. The van der Waals surface area contributed by atoms with E-state index in [-0.39, 0.29) is 11.9 Å². The van der Waals surface area contributed by atoms with Crippen LogP contribution >= 0.6 is 0 Å². The SMILES string of the molecule is CCOCCCN1C(=N)NC(C2=CCCC=C2)(c2ccccc2)C1=O. The predicted molar refractivity (Wildman–Crippen MR) is 98.3 cm³/mol. The van der Waals surface area contributed by atoms with Crippen molar-refractivity contribution in [2.45, 2.75) is 31.7 Å². The summed E-state index contributed by atoms with van der Waals surface area (Å²) in [4.78, 5) is 14.9. The molecule has 1 atom stereocenters. The van der Waals surface area contributed by atoms with Crippen LogP contribution in [0.15, 0.2) is 54.1 Å². The highest BCUT2D eigenvalue weighted by molar-refractivity contribution is 6.10. The smallest absolute Gasteiger partial charge is 0.264 e. The van der Waals surface area contributed by atoms with Crippen LogP contribution in [0.2, 0.25) is 0 Å². The summed E-state index contributed by atoms with van der Waals surface area (Å²) in [6.45, 7) is 3.69. The highest BCUT2D eigenvalue weighted by Crippen LogP contribution is 2.38. The van der Waals surface area contributed by atoms with E-state index in [4.69, 9.17) is 10.1 Å². The molecule has 0 saturated carbocycles. The molecule has 3 rings (SSSR count). The van der Waals surface area contributed by atoms with Crippen molar-refractivity contribution < 1.29 is 9.53 Å². The molecule has 2 N–H and O–H groups in total. The number of rotatable bonds is 7. The number of guanidine groups is 1. The van der Waals surface area contributed by atoms with E-state index in [9.17, 15) is 4.79 Å². The molecule has 1 fully saturated rings. The molecule has 1 unspecified atom stereocenters. The summed E-state index contributed by atoms with van der Waals surface area (Å²) in [5.74, 6) is 0.0724. The van der Waals surface area contributed by atoms with Crippen molar-refractivity contribution in [2.75, 3.05) is 19.8 Å². The Labute approximate surface area is 148 Å². The van der Waals surface area contributed by atoms with Gasteiger partial charge in [-0.25, -0.2) is 0 Å². The van der Waals surface area contributed by atoms with Crippen molar-refractivity contribution in [3.63, 3.8) is 0 Å². The summed E-state index contributed by atoms with van der Waals surface area (Å²) in [5.41, 5.74) is 0.794. The zero-order valence-electron chi connectivity index (χ0n) is 14.6. The van der Waals surface area contributed by atoms with Crippen LogP contribution in [0.4, 0.5) is 0 Å². The largest absolute Gasteiger partial charge is 0.382 e. The molecular weight excluding hydrogens is 314 g/mol. The monoisotopic (exact) mass is 339 g/mol. The lowest BCUT2D eigenvalue weighted by Gasteiger charge is -2.30. The van der Waals surface area contributed by atoms with Gasteiger partial charge in [-0.15, -0.1) is 0 Å². The van der Waals surface area contributed by atoms with Gasteiger partial charge in [0, 0.05) is 19.8 Å². The van der Waals surface area contributed by atoms with Gasteiger partial charge < -0.3 is 10.1 Å². The van der Waals surface area contributed by atoms with Crippen LogP contribution in [0, 0.1) is 5.41 Å². The minimum absolute atomic E-state index is 0.0852. The van der Waals surface area contributed by atoms with Gasteiger partial charge in [0.1, 0.15) is 0 Å². The lowest BCUT2D eigenvalue weighted by molar-refractivity contribution is -0.130. The maximum Gasteiger partial charge on any atom is 0.264 e. The molecule has 1 saturated heterocycles. The van der Waals surface area contributed by atoms with Crippen LogP contribution in [0.5, 0.6) is 0 Å². The molecule has 0 aromatic heterocycles. The Bertz CT molecular complexity index is 696. The van der Waals surface area contributed by atoms with Crippen molar-refractivity contribution in [1.82, 2.24) is 10.2 Å². The zero-order valence-corrected chi connectivity index (χ0v) is 14.6. The molecule has 132 valence electrons. The Balaban J connectivity index is 1.93. The number of nitrogens with zero attached hydrogens (tertiary/aromatic N) is 1. The molecular formula is C20H25N3O2. The van der Waals surface area contributed by atoms with Gasteiger partial charge in [0.2, 0.25) is 0 Å². The van der Waals surface area contributed by atoms with Gasteiger partial charge in [0.25, 0.3) is 5.91 Å². The number of hydrogen-bond donors (Lipinski definition) is 2. The number of benzene rings is 1. The predicted octanol–water partition coefficient (Wildman–Crippen LogP) is 2.95. The topological polar surface area (TPSA) is 65.4 Å². The molecule has 5 heteroatoms. The Morgan fingerprint density at radius 1 is 1.28 bits per heavy atom. The highest BCUT2D eigenvalue weighted by atomic mass is 16.5. The number of amides is 1. The van der Waals surface area contributed by atoms with Crippen molar-refractivity contribution in [1.29, 1.82) is 5.41 Å². The van der Waals surface area contributed by atoms with Crippen LogP contribution in [-0.2, 0) is 15.1 Å². The lowest BCUT2D eigenvalue weighted by atomic mass is 9.80. The molecule has 5 nitrogen and oxygen atoms in total. The van der Waals surface area contributed by atoms with Crippen LogP contribution in [0.3, 0.4) is 0 Å². The summed E-state index contributed by atoms with van der Waals surface area (Å²) in [6.07, 6.45) is 8.82. The molecule has 1 aliphatic heterocycles. The average Bonchev–Trinajstić information content (AvgIpc) is 2.92. The number of nitrogens with one attached hydrogen (secondary N) is 2. The van der Waals surface area contributed by atoms with Crippen molar-refractivity contribution in [3.05, 3.63) is 59.7 Å². The molecule has 1 amide bonds. The molecule has 1 heterocycles. The van der Waals surface area contributed by atoms with E-state index in [1.165, 1.54) is 4.90 Å². The van der Waals surface area contributed by atoms with Gasteiger partial charge in [-0.1, -0.05) is 48.6 Å². The second-order valence-electron chi connectivity index (χ2n) is 6.24. The van der Waals surface area contributed by atoms with Gasteiger partial charge >= 0.3 is 0 Å². The Morgan fingerprint density at radius 3 is 2.76 bits per heavy atom. The van der Waals surface area contributed by atoms with E-state index in [2.05, 4.69) is 17.5 Å². The lowest BCUT2D eigenvalue weighted by Crippen LogP contribution is -2.45. The van der Waals surface area contributed by atoms with E-state index in [0.717, 1.165) is 24.0 Å². The van der Waals surface area contributed by atoms with Crippen molar-refractivity contribution >= 4 is 11.9 Å². The van der Waals surface area contributed by atoms with Gasteiger partial charge in [0.15, 0.2) is 11.5 Å². The Kier molecular flexibility index (Phi) is 5.34. The second kappa shape index (κ2) is 7.66. The number of carbonyl (C=O) groups excluding carboxylic acids is 1. The first-order valence-corrected chi connectivity index (χ1v) is 8.89. The molecule has 2 aliphatic rings. The summed E-state index contributed by atoms with van der Waals surface area (Å²) in [7, 11) is 0. The maximum atomic E-state index is 13.4. The first kappa shape index (κ1) is 17.4. The van der Waals surface area contributed by atoms with Crippen LogP contribution in [0.1, 0.15) is 31.7 Å². The third kappa shape index (κ3) is 3.24. The fourth-order valence-corrected chi connectivity index (χ4v) is 3.42. The molecule has 1 aliphatic carbocycles. The minimum Gasteiger partial charge on any atom is -0.382 e. The third-order valence-corrected chi connectivity index (χ3v) is 4.65. The molecule has 1 aromatic rings. The summed E-state index contributed by atoms with van der Waals surface area (Å²) in [6, 6.07) is 9.70.